The molecule has 2 aliphatic heterocycles. The van der Waals surface area contributed by atoms with Crippen molar-refractivity contribution in [3.05, 3.63) is 58.1 Å². The molecule has 3 aliphatic rings. The number of anilines is 1. The summed E-state index contributed by atoms with van der Waals surface area (Å²) in [5.41, 5.74) is -0.386. The molecule has 2 aromatic carbocycles. The van der Waals surface area contributed by atoms with Crippen LogP contribution in [-0.4, -0.2) is 34.4 Å². The van der Waals surface area contributed by atoms with Gasteiger partial charge in [0.15, 0.2) is 0 Å². The second-order valence-corrected chi connectivity index (χ2v) is 13.6. The number of sulfonamides is 1. The molecule has 1 saturated carbocycles. The Morgan fingerprint density at radius 2 is 1.61 bits per heavy atom. The molecule has 2 aromatic rings. The molecule has 1 atom stereocenters. The first-order valence-electron chi connectivity index (χ1n) is 10.1. The molecule has 166 valence electrons. The average molecular weight is 532 g/mol. The van der Waals surface area contributed by atoms with Gasteiger partial charge in [-0.15, -0.1) is 0 Å². The monoisotopic (exact) mass is 531 g/mol. The number of halogens is 3. The maximum absolute atomic E-state index is 15.5. The van der Waals surface area contributed by atoms with E-state index in [1.54, 1.807) is 6.07 Å². The van der Waals surface area contributed by atoms with Crippen LogP contribution in [0.1, 0.15) is 31.2 Å². The zero-order valence-corrected chi connectivity index (χ0v) is 19.6. The van der Waals surface area contributed by atoms with Crippen molar-refractivity contribution in [1.29, 1.82) is 0 Å². The van der Waals surface area contributed by atoms with Gasteiger partial charge in [0.2, 0.25) is 0 Å². The van der Waals surface area contributed by atoms with E-state index in [2.05, 4.69) is 15.9 Å². The molecular formula is C21H20BrF2NO4S2. The quantitative estimate of drug-likeness (QED) is 0.596. The summed E-state index contributed by atoms with van der Waals surface area (Å²) in [6.07, 6.45) is 1.94. The van der Waals surface area contributed by atoms with Crippen LogP contribution in [0, 0.1) is 17.6 Å². The molecule has 5 nitrogen and oxygen atoms in total. The van der Waals surface area contributed by atoms with Crippen LogP contribution in [0.2, 0.25) is 0 Å². The topological polar surface area (TPSA) is 71.5 Å². The van der Waals surface area contributed by atoms with Crippen molar-refractivity contribution >= 4 is 41.5 Å². The lowest BCUT2D eigenvalue weighted by molar-refractivity contribution is 0.300. The van der Waals surface area contributed by atoms with E-state index in [1.807, 2.05) is 0 Å². The summed E-state index contributed by atoms with van der Waals surface area (Å²) in [5.74, 6) is -1.29. The van der Waals surface area contributed by atoms with E-state index in [9.17, 15) is 21.2 Å². The first kappa shape index (κ1) is 21.3. The molecule has 0 N–H and O–H groups in total. The Kier molecular flexibility index (Phi) is 4.81. The van der Waals surface area contributed by atoms with Gasteiger partial charge in [-0.2, -0.15) is 0 Å². The Balaban J connectivity index is 1.75. The van der Waals surface area contributed by atoms with Crippen LogP contribution in [0.5, 0.6) is 0 Å². The van der Waals surface area contributed by atoms with E-state index >= 15 is 4.39 Å². The Morgan fingerprint density at radius 1 is 1.00 bits per heavy atom. The molecule has 0 radical (unpaired) electrons. The predicted octanol–water partition coefficient (Wildman–Crippen LogP) is 4.16. The first-order valence-corrected chi connectivity index (χ1v) is 14.1. The van der Waals surface area contributed by atoms with E-state index < -0.39 is 43.0 Å². The molecule has 1 spiro atoms. The number of benzene rings is 2. The Hall–Kier alpha value is -1.52. The highest BCUT2D eigenvalue weighted by Crippen LogP contribution is 2.60. The van der Waals surface area contributed by atoms with Crippen LogP contribution >= 0.6 is 15.9 Å². The summed E-state index contributed by atoms with van der Waals surface area (Å²) in [5, 5.41) is 0. The molecule has 0 bridgehead atoms. The van der Waals surface area contributed by atoms with Gasteiger partial charge in [-0.1, -0.05) is 0 Å². The zero-order valence-electron chi connectivity index (χ0n) is 16.4. The van der Waals surface area contributed by atoms with Crippen molar-refractivity contribution < 1.29 is 25.6 Å². The van der Waals surface area contributed by atoms with E-state index in [0.717, 1.165) is 25.0 Å². The largest absolute Gasteiger partial charge is 0.264 e. The fourth-order valence-electron chi connectivity index (χ4n) is 5.22. The fraction of sp³-hybridized carbons (Fsp3) is 0.429. The molecule has 31 heavy (non-hydrogen) atoms. The van der Waals surface area contributed by atoms with Gasteiger partial charge in [0.05, 0.1) is 32.6 Å². The Bertz CT molecular complexity index is 1260. The third kappa shape index (κ3) is 3.24. The molecule has 2 heterocycles. The van der Waals surface area contributed by atoms with Crippen LogP contribution < -0.4 is 4.31 Å². The average Bonchev–Trinajstić information content (AvgIpc) is 3.50. The Morgan fingerprint density at radius 3 is 2.19 bits per heavy atom. The summed E-state index contributed by atoms with van der Waals surface area (Å²) in [4.78, 5) is -0.0747. The maximum Gasteiger partial charge on any atom is 0.264 e. The second kappa shape index (κ2) is 6.99. The minimum atomic E-state index is -4.12. The van der Waals surface area contributed by atoms with E-state index in [4.69, 9.17) is 0 Å². The van der Waals surface area contributed by atoms with Gasteiger partial charge >= 0.3 is 0 Å². The van der Waals surface area contributed by atoms with Gasteiger partial charge in [-0.3, -0.25) is 4.31 Å². The third-order valence-corrected chi connectivity index (χ3v) is 10.9. The maximum atomic E-state index is 15.5. The number of hydrogen-bond donors (Lipinski definition) is 0. The lowest BCUT2D eigenvalue weighted by Crippen LogP contribution is -2.52. The Labute approximate surface area is 188 Å². The highest BCUT2D eigenvalue weighted by atomic mass is 79.9. The van der Waals surface area contributed by atoms with Gasteiger partial charge in [0.25, 0.3) is 10.0 Å². The molecular weight excluding hydrogens is 512 g/mol. The standard InChI is InChI=1S/C21H20BrF2NO4S2/c22-16-7-8-17-18(19(16)24)21(9-11-30(26,27)12-10-21)20(13-1-2-13)25(17)31(28,29)15-5-3-14(23)4-6-15/h3-8,13,20H,1-2,9-12H2. The zero-order chi connectivity index (χ0) is 22.2. The normalized spacial score (nSPS) is 24.4. The van der Waals surface area contributed by atoms with E-state index in [1.165, 1.54) is 22.5 Å². The fourth-order valence-corrected chi connectivity index (χ4v) is 8.90. The SMILES string of the molecule is O=S1(=O)CCC2(CC1)c1c(ccc(Br)c1F)N(S(=O)(=O)c1ccc(F)cc1)C2C1CC1. The lowest BCUT2D eigenvalue weighted by atomic mass is 9.70. The molecule has 2 fully saturated rings. The molecule has 1 saturated heterocycles. The molecule has 0 amide bonds. The molecule has 0 aromatic heterocycles. The number of sulfone groups is 1. The summed E-state index contributed by atoms with van der Waals surface area (Å²) < 4.78 is 82.4. The van der Waals surface area contributed by atoms with Gasteiger partial charge in [0, 0.05) is 11.0 Å². The van der Waals surface area contributed by atoms with E-state index in [0.29, 0.717) is 0 Å². The molecule has 5 rings (SSSR count). The van der Waals surface area contributed by atoms with Crippen molar-refractivity contribution in [1.82, 2.24) is 0 Å². The summed E-state index contributed by atoms with van der Waals surface area (Å²) in [6, 6.07) is 7.07. The summed E-state index contributed by atoms with van der Waals surface area (Å²) in [6.45, 7) is 0. The van der Waals surface area contributed by atoms with Gasteiger partial charge < -0.3 is 0 Å². The minimum Gasteiger partial charge on any atom is -0.262 e. The van der Waals surface area contributed by atoms with Crippen LogP contribution in [0.15, 0.2) is 45.8 Å². The highest BCUT2D eigenvalue weighted by Gasteiger charge is 2.61. The van der Waals surface area contributed by atoms with Crippen molar-refractivity contribution in [3.8, 4) is 0 Å². The first-order chi connectivity index (χ1) is 14.6. The van der Waals surface area contributed by atoms with Crippen LogP contribution in [0.4, 0.5) is 14.5 Å². The predicted molar refractivity (Wildman–Crippen MR) is 116 cm³/mol. The molecule has 1 aliphatic carbocycles. The highest BCUT2D eigenvalue weighted by molar-refractivity contribution is 9.10. The number of nitrogens with zero attached hydrogens (tertiary/aromatic N) is 1. The number of rotatable bonds is 3. The van der Waals surface area contributed by atoms with Crippen molar-refractivity contribution in [3.63, 3.8) is 0 Å². The van der Waals surface area contributed by atoms with E-state index in [-0.39, 0.29) is 50.9 Å². The third-order valence-electron chi connectivity index (χ3n) is 6.78. The van der Waals surface area contributed by atoms with Crippen molar-refractivity contribution in [2.24, 2.45) is 5.92 Å². The molecule has 10 heteroatoms. The lowest BCUT2D eigenvalue weighted by Gasteiger charge is -2.41. The summed E-state index contributed by atoms with van der Waals surface area (Å²) >= 11 is 3.21. The van der Waals surface area contributed by atoms with Gasteiger partial charge in [-0.05, 0) is 83.9 Å². The van der Waals surface area contributed by atoms with Gasteiger partial charge in [0.1, 0.15) is 21.5 Å². The minimum absolute atomic E-state index is 0.0154. The van der Waals surface area contributed by atoms with Crippen LogP contribution in [-0.2, 0) is 25.3 Å². The summed E-state index contributed by atoms with van der Waals surface area (Å²) in [7, 11) is -7.38. The van der Waals surface area contributed by atoms with Crippen molar-refractivity contribution in [2.75, 3.05) is 15.8 Å². The van der Waals surface area contributed by atoms with Crippen molar-refractivity contribution in [2.45, 2.75) is 42.0 Å². The smallest absolute Gasteiger partial charge is 0.262 e. The van der Waals surface area contributed by atoms with Crippen LogP contribution in [0.3, 0.4) is 0 Å². The van der Waals surface area contributed by atoms with Crippen LogP contribution in [0.25, 0.3) is 0 Å². The molecule has 1 unspecified atom stereocenters. The number of hydrogen-bond acceptors (Lipinski definition) is 4. The van der Waals surface area contributed by atoms with Gasteiger partial charge in [-0.25, -0.2) is 25.6 Å². The second-order valence-electron chi connectivity index (χ2n) is 8.60. The number of fused-ring (bicyclic) bond motifs is 2.